The third kappa shape index (κ3) is 34.6. The maximum Gasteiger partial charge on any atom is 0.351 e. The largest absolute Gasteiger partial charge is 0.461 e. The van der Waals surface area contributed by atoms with Crippen molar-refractivity contribution in [3.05, 3.63) is 281 Å². The average molecular weight is 1820 g/mol. The predicted molar refractivity (Wildman–Crippen MR) is 482 cm³/mol. The van der Waals surface area contributed by atoms with Crippen LogP contribution in [0.25, 0.3) is 0 Å². The lowest BCUT2D eigenvalue weighted by molar-refractivity contribution is -0.146. The molecule has 127 heavy (non-hydrogen) atoms. The van der Waals surface area contributed by atoms with E-state index in [-0.39, 0.29) is 166 Å². The van der Waals surface area contributed by atoms with Gasteiger partial charge in [-0.25, -0.2) is 19.2 Å². The Labute approximate surface area is 755 Å². The first-order valence-electron chi connectivity index (χ1n) is 41.0. The number of aliphatic hydroxyl groups is 3. The third-order valence-corrected chi connectivity index (χ3v) is 18.3. The van der Waals surface area contributed by atoms with Gasteiger partial charge in [0.1, 0.15) is 76.4 Å². The molecule has 678 valence electrons. The van der Waals surface area contributed by atoms with Gasteiger partial charge in [0, 0.05) is 81.0 Å². The molecule has 8 aromatic rings. The normalized spacial score (nSPS) is 17.8. The summed E-state index contributed by atoms with van der Waals surface area (Å²) in [7, 11) is -0.368. The third-order valence-electron chi connectivity index (χ3n) is 17.3. The summed E-state index contributed by atoms with van der Waals surface area (Å²) in [6.07, 6.45) is 15.4. The van der Waals surface area contributed by atoms with E-state index in [4.69, 9.17) is 82.3 Å². The molecule has 0 aliphatic carbocycles. The van der Waals surface area contributed by atoms with E-state index in [1.807, 2.05) is 0 Å². The second-order valence-electron chi connectivity index (χ2n) is 25.9. The van der Waals surface area contributed by atoms with Crippen molar-refractivity contribution in [3.8, 4) is 0 Å². The molecule has 12 rings (SSSR count). The number of nitrogens with zero attached hydrogens (tertiary/aromatic N) is 8. The molecule has 0 spiro atoms. The highest BCUT2D eigenvalue weighted by Gasteiger charge is 2.27. The summed E-state index contributed by atoms with van der Waals surface area (Å²) < 4.78 is 95.8. The van der Waals surface area contributed by atoms with E-state index in [0.29, 0.717) is 38.9 Å². The van der Waals surface area contributed by atoms with Gasteiger partial charge in [-0.2, -0.15) is 19.9 Å². The minimum atomic E-state index is -1.42. The van der Waals surface area contributed by atoms with Crippen LogP contribution >= 0.6 is 35.7 Å². The molecule has 10 N–H and O–H groups in total. The van der Waals surface area contributed by atoms with Crippen molar-refractivity contribution in [1.82, 2.24) is 48.8 Å². The van der Waals surface area contributed by atoms with E-state index in [9.17, 15) is 57.5 Å². The molecule has 38 nitrogen and oxygen atoms in total. The molecule has 4 aromatic heterocycles. The van der Waals surface area contributed by atoms with Crippen LogP contribution in [0.15, 0.2) is 214 Å². The Bertz CT molecular complexity index is 5510. The van der Waals surface area contributed by atoms with Gasteiger partial charge in [-0.15, -0.1) is 0 Å². The number of nitrogen functional groups attached to an aromatic ring is 1. The van der Waals surface area contributed by atoms with Crippen molar-refractivity contribution < 1.29 is 97.9 Å². The molecule has 0 bridgehead atoms. The number of esters is 2. The maximum absolute atomic E-state index is 12.6. The van der Waals surface area contributed by atoms with Gasteiger partial charge in [0.2, 0.25) is 11.8 Å². The molecule has 4 aliphatic rings. The molecular weight excluding hydrogens is 1710 g/mol. The highest BCUT2D eigenvalue weighted by Crippen LogP contribution is 2.26. The van der Waals surface area contributed by atoms with Crippen LogP contribution in [0.5, 0.6) is 0 Å². The monoisotopic (exact) mass is 1820 g/mol. The number of anilines is 4. The molecule has 5 amide bonds. The fourth-order valence-electron chi connectivity index (χ4n) is 10.8. The zero-order chi connectivity index (χ0) is 94.2. The van der Waals surface area contributed by atoms with Crippen LogP contribution < -0.4 is 55.1 Å². The number of nitrogens with two attached hydrogens (primary N) is 1. The van der Waals surface area contributed by atoms with Crippen LogP contribution in [-0.4, -0.2) is 204 Å². The van der Waals surface area contributed by atoms with E-state index < -0.39 is 111 Å². The Morgan fingerprint density at radius 3 is 1.11 bits per heavy atom. The zero-order valence-corrected chi connectivity index (χ0v) is 68.9. The van der Waals surface area contributed by atoms with Gasteiger partial charge >= 0.3 is 34.7 Å². The second kappa shape index (κ2) is 55.3. The molecule has 43 heteroatoms. The molecule has 8 heterocycles. The van der Waals surface area contributed by atoms with Crippen molar-refractivity contribution in [2.75, 3.05) is 80.6 Å². The summed E-state index contributed by atoms with van der Waals surface area (Å²) >= 11 is 7.25. The van der Waals surface area contributed by atoms with Gasteiger partial charge < -0.3 is 89.2 Å². The quantitative estimate of drug-likeness (QED) is 0.00594. The van der Waals surface area contributed by atoms with Crippen LogP contribution in [0.1, 0.15) is 139 Å². The summed E-state index contributed by atoms with van der Waals surface area (Å²) in [5.41, 5.74) is 7.74. The van der Waals surface area contributed by atoms with Crippen LogP contribution in [-0.2, 0) is 87.1 Å². The Morgan fingerprint density at radius 2 is 0.803 bits per heavy atom. The van der Waals surface area contributed by atoms with Crippen LogP contribution in [0.3, 0.4) is 0 Å². The smallest absolute Gasteiger partial charge is 0.351 e. The summed E-state index contributed by atoms with van der Waals surface area (Å²) in [6.45, 7) is 0.235. The minimum absolute atomic E-state index is 0. The van der Waals surface area contributed by atoms with Crippen LogP contribution in [0, 0.1) is 0 Å². The Balaban J connectivity index is 0.000000308. The van der Waals surface area contributed by atoms with Crippen LogP contribution in [0.4, 0.5) is 23.3 Å². The first kappa shape index (κ1) is 95.5. The number of rotatable bonds is 36. The average Bonchev–Trinajstić information content (AvgIpc) is 1.72. The van der Waals surface area contributed by atoms with Crippen molar-refractivity contribution >= 4 is 121 Å². The number of aromatic nitrogens is 8. The van der Waals surface area contributed by atoms with Gasteiger partial charge in [-0.1, -0.05) is 95.1 Å². The van der Waals surface area contributed by atoms with Crippen LogP contribution in [0.2, 0.25) is 0 Å². The highest BCUT2D eigenvalue weighted by atomic mass is 35.5. The molecule has 0 fully saturated rings. The number of amides is 5. The molecule has 1 unspecified atom stereocenters. The van der Waals surface area contributed by atoms with E-state index in [1.54, 1.807) is 146 Å². The van der Waals surface area contributed by atoms with Gasteiger partial charge in [0.25, 0.3) is 23.0 Å². The topological polar surface area (TPSA) is 506 Å². The summed E-state index contributed by atoms with van der Waals surface area (Å²) in [5, 5.41) is 38.6. The number of hydrogen-bond acceptors (Lipinski definition) is 31. The molecule has 4 aromatic carbocycles. The molecule has 0 saturated heterocycles. The number of aliphatic hydroxyl groups excluding tert-OH is 3. The molecule has 0 saturated carbocycles. The van der Waals surface area contributed by atoms with Gasteiger partial charge in [0.05, 0.1) is 55.2 Å². The number of nitrogens with one attached hydrogen (secondary N) is 5. The SMILES string of the molecule is C.C.C.Nc1ccn([C@H]2C=C[C@@H](CO)O2)c(=O)n1.O=C(Cl)c1ccc(CO)cc1.[2H]B([3H])CSOC[C@@H]1C=C[C@H](n2ccc(NC(=O)c3ccc(CO)cc3)nc2=O)O1.[2H]B([3H])CSOC[C@@H]1C=C[C@H](n2ccc(NC(=O)c3ccc(COC(=O)CCC(=O)NC)cc3)nc2=O)O1.[2H]C([3H])OC[C@@H]1C=C[C@H](n2ccc(NC(=O)c3ccc(COC(=O)CCC(=O)NC)cc3)nc2=O)O1. The Kier molecular flexibility index (Phi) is 41.6. The number of hydrogen-bond donors (Lipinski definition) is 9. The fraction of sp³-hybridized carbons (Fsp3) is 0.333. The van der Waals surface area contributed by atoms with Crippen molar-refractivity contribution in [1.29, 1.82) is 5.34 Å². The van der Waals surface area contributed by atoms with Crippen molar-refractivity contribution in [2.24, 2.45) is 0 Å². The lowest BCUT2D eigenvalue weighted by Crippen LogP contribution is -2.29. The standard InChI is InChI=1S/C23H27BN4O7S.C23H26N4O7.C18H20BN3O5S.C9H11N3O3.C8H7ClO2.3CH4/c1-25-19(29)7-9-21(30)33-12-15-2-4-16(5-3-15)22(31)26-18-10-11-28(23(32)27-18)20-8-6-17(35-20)13-34-36-14-24;1-24-19(28)8-10-21(29)33-13-15-3-5-16(6-4-15)22(30)25-18-11-12-27(23(31)26-18)20-9-7-17(34-20)14-32-2;19-11-28-26-10-14-5-6-16(27-14)22-8-7-15(21-18(22)25)20-17(24)13-3-1-12(9-23)2-4-13;10-7-3-4-12(9(14)11-7)8-2-1-6(5-13)15-8;9-8(11)7-3-1-6(5-10)2-4-7;;;/h2-6,8,10-11,17,20H,7,9,12-14,24H2,1H3,(H,25,29)(H,26,27,31,32);3-7,9,11-12,17,20H,8,10,13-14H2,1-2H3,(H,24,28)(H,25,26,30,31);1-8,14,16,23H,9-11,19H2,(H,20,21,24,25);1-4,6,8,13H,5H2,(H2,10,11,14);1-4,10H,5H2;3*1H4/t2*17-,20+;14-,16+;6-,8+;;;;/m0000..../s1/i24TD;2TD;19TD;;;;;/tm;2?,17-,20+;m;;;;;. The number of carbonyl (C=O) groups is 8. The summed E-state index contributed by atoms with van der Waals surface area (Å²) in [6, 6.07) is 31.6. The van der Waals surface area contributed by atoms with Gasteiger partial charge in [-0.05, 0) is 172 Å². The lowest BCUT2D eigenvalue weighted by Gasteiger charge is -2.16. The first-order chi connectivity index (χ1) is 62.4. The number of carbonyl (C=O) groups excluding carboxylic acids is 8. The number of halogens is 1. The lowest BCUT2D eigenvalue weighted by atomic mass is 10.1. The zero-order valence-electron chi connectivity index (χ0n) is 72.5. The first-order valence-corrected chi connectivity index (χ1v) is 39.8. The molecule has 0 radical (unpaired) electrons. The number of methoxy groups -OCH3 is 1. The van der Waals surface area contributed by atoms with Gasteiger partial charge in [0.15, 0.2) is 24.9 Å². The van der Waals surface area contributed by atoms with Crippen molar-refractivity contribution in [3.63, 3.8) is 0 Å². The van der Waals surface area contributed by atoms with E-state index >= 15 is 0 Å². The number of benzene rings is 4. The second-order valence-corrected chi connectivity index (χ2v) is 27.9. The van der Waals surface area contributed by atoms with E-state index in [2.05, 4.69) is 46.5 Å². The predicted octanol–water partition coefficient (Wildman–Crippen LogP) is 5.37. The van der Waals surface area contributed by atoms with Gasteiger partial charge in [-0.3, -0.25) is 56.6 Å². The Hall–Kier alpha value is -12.2. The minimum Gasteiger partial charge on any atom is -0.461 e. The molecule has 9 atom stereocenters. The summed E-state index contributed by atoms with van der Waals surface area (Å²) in [4.78, 5) is 158. The molecular formula is C84H103B2ClN14O24S2. The Morgan fingerprint density at radius 1 is 0.480 bits per heavy atom. The van der Waals surface area contributed by atoms with Crippen molar-refractivity contribution in [2.45, 2.75) is 124 Å². The highest BCUT2D eigenvalue weighted by molar-refractivity contribution is 7.95. The maximum atomic E-state index is 12.6. The molecule has 4 aliphatic heterocycles. The fourth-order valence-corrected chi connectivity index (χ4v) is 11.6. The summed E-state index contributed by atoms with van der Waals surface area (Å²) in [5.74, 6) is -2.45. The van der Waals surface area contributed by atoms with E-state index in [1.165, 1.54) is 81.4 Å². The number of ether oxygens (including phenoxy) is 7. The van der Waals surface area contributed by atoms with E-state index in [0.717, 1.165) is 29.6 Å².